The Labute approximate surface area is 182 Å². The summed E-state index contributed by atoms with van der Waals surface area (Å²) in [5.74, 6) is 0.788. The smallest absolute Gasteiger partial charge is 0.144 e. The Kier molecular flexibility index (Phi) is 8.40. The van der Waals surface area contributed by atoms with Gasteiger partial charge in [0.15, 0.2) is 0 Å². The summed E-state index contributed by atoms with van der Waals surface area (Å²) < 4.78 is 17.5. The zero-order valence-corrected chi connectivity index (χ0v) is 19.7. The lowest BCUT2D eigenvalue weighted by Crippen LogP contribution is -2.17. The van der Waals surface area contributed by atoms with Crippen molar-refractivity contribution in [1.82, 2.24) is 9.55 Å². The van der Waals surface area contributed by atoms with Crippen LogP contribution in [0, 0.1) is 20.8 Å². The molecule has 3 heteroatoms. The van der Waals surface area contributed by atoms with Gasteiger partial charge >= 0.3 is 0 Å². The van der Waals surface area contributed by atoms with Crippen LogP contribution in [0.1, 0.15) is 75.6 Å². The summed E-state index contributed by atoms with van der Waals surface area (Å²) in [6.45, 7) is 14.4. The third kappa shape index (κ3) is 5.38. The van der Waals surface area contributed by atoms with Gasteiger partial charge in [0.25, 0.3) is 0 Å². The van der Waals surface area contributed by atoms with E-state index in [2.05, 4.69) is 56.3 Å². The topological polar surface area (TPSA) is 17.8 Å². The van der Waals surface area contributed by atoms with Gasteiger partial charge in [-0.25, -0.2) is 9.37 Å². The van der Waals surface area contributed by atoms with Crippen molar-refractivity contribution in [3.8, 4) is 17.1 Å². The number of hydrogen-bond donors (Lipinski definition) is 0. The molecule has 1 aromatic heterocycles. The van der Waals surface area contributed by atoms with E-state index in [0.29, 0.717) is 12.0 Å². The van der Waals surface area contributed by atoms with Crippen LogP contribution >= 0.6 is 0 Å². The minimum atomic E-state index is -1.38. The van der Waals surface area contributed by atoms with Crippen molar-refractivity contribution in [3.05, 3.63) is 71.0 Å². The predicted octanol–water partition coefficient (Wildman–Crippen LogP) is 8.26. The highest BCUT2D eigenvalue weighted by Crippen LogP contribution is 2.38. The normalized spacial score (nSPS) is 12.8. The lowest BCUT2D eigenvalue weighted by Gasteiger charge is -2.24. The number of rotatable bonds is 6. The van der Waals surface area contributed by atoms with Crippen molar-refractivity contribution in [2.24, 2.45) is 0 Å². The molecule has 0 spiro atoms. The van der Waals surface area contributed by atoms with Gasteiger partial charge in [-0.3, -0.25) is 4.57 Å². The fourth-order valence-electron chi connectivity index (χ4n) is 3.97. The van der Waals surface area contributed by atoms with E-state index in [1.807, 2.05) is 37.4 Å². The van der Waals surface area contributed by atoms with Crippen molar-refractivity contribution in [1.29, 1.82) is 0 Å². The molecule has 30 heavy (non-hydrogen) atoms. The molecule has 0 amide bonds. The van der Waals surface area contributed by atoms with E-state index in [0.717, 1.165) is 23.5 Å². The van der Waals surface area contributed by atoms with E-state index in [1.165, 1.54) is 29.5 Å². The van der Waals surface area contributed by atoms with Crippen molar-refractivity contribution in [3.63, 3.8) is 0 Å². The monoisotopic (exact) mass is 408 g/mol. The van der Waals surface area contributed by atoms with Crippen LogP contribution in [0.2, 0.25) is 0 Å². The maximum absolute atomic E-state index is 15.4. The number of aryl methyl sites for hydroxylation is 3. The molecule has 0 aliphatic heterocycles. The van der Waals surface area contributed by atoms with E-state index < -0.39 is 5.67 Å². The fourth-order valence-corrected chi connectivity index (χ4v) is 3.97. The number of halogens is 1. The molecule has 162 valence electrons. The van der Waals surface area contributed by atoms with Gasteiger partial charge in [0, 0.05) is 18.0 Å². The second-order valence-corrected chi connectivity index (χ2v) is 8.36. The van der Waals surface area contributed by atoms with Crippen LogP contribution in [-0.4, -0.2) is 9.55 Å². The lowest BCUT2D eigenvalue weighted by atomic mass is 9.89. The fraction of sp³-hybridized carbons (Fsp3) is 0.444. The second-order valence-electron chi connectivity index (χ2n) is 8.36. The van der Waals surface area contributed by atoms with Crippen LogP contribution in [0.15, 0.2) is 48.8 Å². The molecular formula is C27H37FN2. The molecule has 0 N–H and O–H groups in total. The summed E-state index contributed by atoms with van der Waals surface area (Å²) in [4.78, 5) is 4.60. The van der Waals surface area contributed by atoms with Crippen molar-refractivity contribution in [2.75, 3.05) is 0 Å². The molecule has 0 bridgehead atoms. The summed E-state index contributed by atoms with van der Waals surface area (Å²) in [7, 11) is 0. The van der Waals surface area contributed by atoms with Gasteiger partial charge in [0.05, 0.1) is 5.69 Å². The Balaban J connectivity index is 0.000000735. The number of aromatic nitrogens is 2. The van der Waals surface area contributed by atoms with Crippen LogP contribution in [0.3, 0.4) is 0 Å². The largest absolute Gasteiger partial charge is 0.299 e. The zero-order chi connectivity index (χ0) is 22.3. The van der Waals surface area contributed by atoms with Crippen molar-refractivity contribution >= 4 is 0 Å². The highest BCUT2D eigenvalue weighted by atomic mass is 19.1. The number of alkyl halides is 1. The van der Waals surface area contributed by atoms with Gasteiger partial charge in [-0.1, -0.05) is 82.0 Å². The molecule has 2 nitrogen and oxygen atoms in total. The van der Waals surface area contributed by atoms with Crippen LogP contribution in [0.25, 0.3) is 17.1 Å². The first kappa shape index (κ1) is 23.9. The first-order valence-electron chi connectivity index (χ1n) is 11.2. The molecule has 3 rings (SSSR count). The standard InChI is InChI=1S/C23H27FN2.C4H10/c1-6-11-23(5,24)20-10-8-7-9-19(20)22-25-12-13-26(22)21-17(3)14-16(2)15-18(21)4;1-3-4-2/h7-10,12-15H,6,11H2,1-5H3;3-4H2,1-2H3. The summed E-state index contributed by atoms with van der Waals surface area (Å²) in [6.07, 6.45) is 7.69. The maximum atomic E-state index is 15.4. The quantitative estimate of drug-likeness (QED) is 0.401. The van der Waals surface area contributed by atoms with Crippen LogP contribution < -0.4 is 0 Å². The number of unbranched alkanes of at least 4 members (excludes halogenated alkanes) is 1. The van der Waals surface area contributed by atoms with Gasteiger partial charge in [0.2, 0.25) is 0 Å². The van der Waals surface area contributed by atoms with Gasteiger partial charge < -0.3 is 0 Å². The lowest BCUT2D eigenvalue weighted by molar-refractivity contribution is 0.176. The third-order valence-corrected chi connectivity index (χ3v) is 5.47. The van der Waals surface area contributed by atoms with E-state index in [4.69, 9.17) is 0 Å². The Bertz CT molecular complexity index is 928. The molecular weight excluding hydrogens is 371 g/mol. The van der Waals surface area contributed by atoms with Crippen LogP contribution in [0.4, 0.5) is 4.39 Å². The number of hydrogen-bond acceptors (Lipinski definition) is 1. The number of nitrogens with zero attached hydrogens (tertiary/aromatic N) is 2. The first-order chi connectivity index (χ1) is 14.3. The Morgan fingerprint density at radius 3 is 2.10 bits per heavy atom. The van der Waals surface area contributed by atoms with Crippen molar-refractivity contribution in [2.45, 2.75) is 79.8 Å². The molecule has 0 aliphatic rings. The molecule has 3 aromatic rings. The molecule has 1 atom stereocenters. The zero-order valence-electron chi connectivity index (χ0n) is 19.7. The Morgan fingerprint density at radius 2 is 1.53 bits per heavy atom. The van der Waals surface area contributed by atoms with Gasteiger partial charge in [-0.15, -0.1) is 0 Å². The number of benzene rings is 2. The minimum absolute atomic E-state index is 0.493. The highest BCUT2D eigenvalue weighted by molar-refractivity contribution is 5.66. The van der Waals surface area contributed by atoms with Gasteiger partial charge in [-0.05, 0) is 50.8 Å². The SMILES string of the molecule is CCCC.CCCC(C)(F)c1ccccc1-c1nccn1-c1c(C)cc(C)cc1C. The van der Waals surface area contributed by atoms with Gasteiger partial charge in [0.1, 0.15) is 11.5 Å². The molecule has 2 aromatic carbocycles. The molecule has 0 saturated carbocycles. The van der Waals surface area contributed by atoms with E-state index >= 15 is 4.39 Å². The Hall–Kier alpha value is -2.42. The molecule has 1 heterocycles. The van der Waals surface area contributed by atoms with E-state index in [1.54, 1.807) is 13.1 Å². The van der Waals surface area contributed by atoms with E-state index in [9.17, 15) is 0 Å². The van der Waals surface area contributed by atoms with Gasteiger partial charge in [-0.2, -0.15) is 0 Å². The molecule has 0 saturated heterocycles. The highest BCUT2D eigenvalue weighted by Gasteiger charge is 2.29. The minimum Gasteiger partial charge on any atom is -0.299 e. The number of imidazole rings is 1. The van der Waals surface area contributed by atoms with Crippen LogP contribution in [-0.2, 0) is 5.67 Å². The second kappa shape index (κ2) is 10.6. The Morgan fingerprint density at radius 1 is 0.933 bits per heavy atom. The molecule has 0 aliphatic carbocycles. The molecule has 0 fully saturated rings. The maximum Gasteiger partial charge on any atom is 0.144 e. The summed E-state index contributed by atoms with van der Waals surface area (Å²) in [5.41, 5.74) is 4.93. The first-order valence-corrected chi connectivity index (χ1v) is 11.2. The van der Waals surface area contributed by atoms with Crippen LogP contribution in [0.5, 0.6) is 0 Å². The van der Waals surface area contributed by atoms with E-state index in [-0.39, 0.29) is 0 Å². The summed E-state index contributed by atoms with van der Waals surface area (Å²) in [6, 6.07) is 12.1. The summed E-state index contributed by atoms with van der Waals surface area (Å²) in [5, 5.41) is 0. The van der Waals surface area contributed by atoms with Crippen molar-refractivity contribution < 1.29 is 4.39 Å². The molecule has 0 radical (unpaired) electrons. The average Bonchev–Trinajstić information content (AvgIpc) is 3.16. The predicted molar refractivity (Wildman–Crippen MR) is 127 cm³/mol. The summed E-state index contributed by atoms with van der Waals surface area (Å²) >= 11 is 0. The third-order valence-electron chi connectivity index (χ3n) is 5.47. The molecule has 1 unspecified atom stereocenters. The average molecular weight is 409 g/mol.